The van der Waals surface area contributed by atoms with Crippen molar-refractivity contribution < 1.29 is 9.53 Å². The highest BCUT2D eigenvalue weighted by Gasteiger charge is 2.47. The molecule has 1 aliphatic carbocycles. The van der Waals surface area contributed by atoms with Crippen LogP contribution in [0.15, 0.2) is 51.6 Å². The highest BCUT2D eigenvalue weighted by Crippen LogP contribution is 2.49. The number of hydrogen-bond donors (Lipinski definition) is 2. The zero-order valence-electron chi connectivity index (χ0n) is 18.2. The molecule has 0 radical (unpaired) electrons. The van der Waals surface area contributed by atoms with Crippen molar-refractivity contribution in [1.82, 2.24) is 0 Å². The number of aliphatic imine (C=N–C) groups is 2. The second-order valence-corrected chi connectivity index (χ2v) is 9.59. The van der Waals surface area contributed by atoms with E-state index in [1.54, 1.807) is 6.21 Å². The summed E-state index contributed by atoms with van der Waals surface area (Å²) in [6.45, 7) is 9.01. The summed E-state index contributed by atoms with van der Waals surface area (Å²) in [4.78, 5) is 22.0. The molecule has 0 fully saturated rings. The van der Waals surface area contributed by atoms with Crippen molar-refractivity contribution in [2.75, 3.05) is 11.9 Å². The number of nitrogens with two attached hydrogens (primary N) is 1. The zero-order valence-corrected chi connectivity index (χ0v) is 18.2. The topological polar surface area (TPSA) is 89.1 Å². The number of carbonyl (C=O) groups excluding carboxylic acids is 1. The highest BCUT2D eigenvalue weighted by atomic mass is 16.5. The van der Waals surface area contributed by atoms with Crippen LogP contribution >= 0.6 is 0 Å². The van der Waals surface area contributed by atoms with E-state index in [1.165, 1.54) is 5.56 Å². The lowest BCUT2D eigenvalue weighted by molar-refractivity contribution is -0.112. The summed E-state index contributed by atoms with van der Waals surface area (Å²) in [5.74, 6) is 0.0451. The van der Waals surface area contributed by atoms with Gasteiger partial charge in [0.05, 0.1) is 0 Å². The van der Waals surface area contributed by atoms with Gasteiger partial charge in [0.15, 0.2) is 0 Å². The number of amidine groups is 1. The number of amides is 1. The molecule has 2 aliphatic heterocycles. The Labute approximate surface area is 178 Å². The van der Waals surface area contributed by atoms with E-state index in [4.69, 9.17) is 10.5 Å². The van der Waals surface area contributed by atoms with Crippen LogP contribution in [-0.2, 0) is 21.5 Å². The second-order valence-electron chi connectivity index (χ2n) is 9.59. The van der Waals surface area contributed by atoms with Crippen molar-refractivity contribution in [3.63, 3.8) is 0 Å². The molecular formula is C24H30N4O2. The van der Waals surface area contributed by atoms with Crippen LogP contribution < -0.4 is 11.1 Å². The predicted molar refractivity (Wildman–Crippen MR) is 121 cm³/mol. The first kappa shape index (κ1) is 20.4. The van der Waals surface area contributed by atoms with E-state index in [9.17, 15) is 4.79 Å². The number of hydrogen-bond acceptors (Lipinski definition) is 5. The first-order chi connectivity index (χ1) is 14.2. The Morgan fingerprint density at radius 2 is 2.13 bits per heavy atom. The molecule has 6 nitrogen and oxygen atoms in total. The molecule has 2 heterocycles. The first-order valence-electron chi connectivity index (χ1n) is 10.5. The van der Waals surface area contributed by atoms with Crippen molar-refractivity contribution >= 4 is 23.8 Å². The fourth-order valence-electron chi connectivity index (χ4n) is 4.71. The number of ether oxygens (including phenoxy) is 1. The Morgan fingerprint density at radius 1 is 1.33 bits per heavy atom. The molecule has 0 aromatic heterocycles. The van der Waals surface area contributed by atoms with Crippen molar-refractivity contribution in [3.05, 3.63) is 52.7 Å². The lowest BCUT2D eigenvalue weighted by atomic mass is 9.65. The van der Waals surface area contributed by atoms with Gasteiger partial charge in [-0.05, 0) is 72.4 Å². The number of anilines is 1. The molecule has 0 bridgehead atoms. The predicted octanol–water partition coefficient (Wildman–Crippen LogP) is 4.08. The van der Waals surface area contributed by atoms with Gasteiger partial charge in [-0.3, -0.25) is 9.79 Å². The minimum Gasteiger partial charge on any atom is -0.462 e. The zero-order chi connectivity index (χ0) is 21.5. The van der Waals surface area contributed by atoms with Gasteiger partial charge in [-0.15, -0.1) is 0 Å². The molecule has 6 heteroatoms. The smallest absolute Gasteiger partial charge is 0.283 e. The summed E-state index contributed by atoms with van der Waals surface area (Å²) < 4.78 is 5.57. The summed E-state index contributed by atoms with van der Waals surface area (Å²) >= 11 is 0. The van der Waals surface area contributed by atoms with Gasteiger partial charge >= 0.3 is 0 Å². The maximum absolute atomic E-state index is 12.9. The fourth-order valence-corrected chi connectivity index (χ4v) is 4.71. The van der Waals surface area contributed by atoms with E-state index in [-0.39, 0.29) is 23.3 Å². The lowest BCUT2D eigenvalue weighted by Gasteiger charge is -2.41. The van der Waals surface area contributed by atoms with Gasteiger partial charge in [-0.25, -0.2) is 4.99 Å². The van der Waals surface area contributed by atoms with Crippen molar-refractivity contribution in [2.45, 2.75) is 52.5 Å². The third kappa shape index (κ3) is 4.04. The summed E-state index contributed by atoms with van der Waals surface area (Å²) in [5, 5.41) is 3.02. The molecule has 1 spiro atoms. The lowest BCUT2D eigenvalue weighted by Crippen LogP contribution is -2.39. The Morgan fingerprint density at radius 3 is 2.87 bits per heavy atom. The van der Waals surface area contributed by atoms with E-state index in [2.05, 4.69) is 48.2 Å². The van der Waals surface area contributed by atoms with Gasteiger partial charge in [-0.2, -0.15) is 0 Å². The maximum atomic E-state index is 12.9. The van der Waals surface area contributed by atoms with Crippen LogP contribution in [0.3, 0.4) is 0 Å². The first-order valence-corrected chi connectivity index (χ1v) is 10.5. The Balaban J connectivity index is 1.64. The minimum absolute atomic E-state index is 0.0924. The molecule has 0 saturated heterocycles. The molecule has 2 atom stereocenters. The molecule has 1 amide bonds. The Kier molecular flexibility index (Phi) is 5.04. The number of nitrogens with one attached hydrogen (secondary N) is 1. The maximum Gasteiger partial charge on any atom is 0.283 e. The van der Waals surface area contributed by atoms with Crippen LogP contribution in [-0.4, -0.2) is 24.8 Å². The molecule has 0 saturated carbocycles. The number of rotatable bonds is 2. The van der Waals surface area contributed by atoms with Gasteiger partial charge < -0.3 is 15.8 Å². The standard InChI is InChI=1S/C24H30N4O2/c1-15-5-6-16(2)12-26-20(9-15)21(29)27-18-8-7-17-11-23(3,4)13-24(19(17)10-18)14-30-22(25)28-24/h6-10,12,15H,5,11,13-14H2,1-4H3,(H2,25,28)(H,27,29). The van der Waals surface area contributed by atoms with Crippen LogP contribution in [0.25, 0.3) is 0 Å². The summed E-state index contributed by atoms with van der Waals surface area (Å²) in [5.41, 5.74) is 10.0. The van der Waals surface area contributed by atoms with E-state index in [0.717, 1.165) is 36.1 Å². The normalized spacial score (nSPS) is 27.2. The van der Waals surface area contributed by atoms with Crippen molar-refractivity contribution in [2.24, 2.45) is 27.1 Å². The molecule has 1 aromatic carbocycles. The van der Waals surface area contributed by atoms with Gasteiger partial charge in [-0.1, -0.05) is 32.9 Å². The van der Waals surface area contributed by atoms with Crippen LogP contribution in [0.5, 0.6) is 0 Å². The summed E-state index contributed by atoms with van der Waals surface area (Å²) in [6.07, 6.45) is 8.50. The van der Waals surface area contributed by atoms with Crippen LogP contribution in [0, 0.1) is 11.3 Å². The molecule has 2 unspecified atom stereocenters. The molecule has 3 N–H and O–H groups in total. The molecule has 30 heavy (non-hydrogen) atoms. The molecule has 3 aliphatic rings. The number of carbonyl (C=O) groups is 1. The third-order valence-corrected chi connectivity index (χ3v) is 5.99. The SMILES string of the molecule is CC1=CCC(C)C=C(C(=O)Nc2ccc3c(c2)C2(COC(N)=N2)CC(C)(C)C3)N=C1. The number of benzene rings is 1. The van der Waals surface area contributed by atoms with Crippen LogP contribution in [0.1, 0.15) is 51.7 Å². The number of nitrogens with zero attached hydrogens (tertiary/aromatic N) is 2. The average molecular weight is 407 g/mol. The Hall–Kier alpha value is -2.89. The fraction of sp³-hybridized carbons (Fsp3) is 0.458. The van der Waals surface area contributed by atoms with Crippen molar-refractivity contribution in [1.29, 1.82) is 0 Å². The van der Waals surface area contributed by atoms with Gasteiger partial charge in [0.2, 0.25) is 0 Å². The summed E-state index contributed by atoms with van der Waals surface area (Å²) in [6, 6.07) is 6.30. The number of allylic oxidation sites excluding steroid dienone is 3. The molecular weight excluding hydrogens is 376 g/mol. The van der Waals surface area contributed by atoms with Gasteiger partial charge in [0.25, 0.3) is 11.9 Å². The second kappa shape index (κ2) is 7.42. The molecule has 1 aromatic rings. The average Bonchev–Trinajstić information content (AvgIpc) is 3.02. The van der Waals surface area contributed by atoms with Crippen LogP contribution in [0.2, 0.25) is 0 Å². The monoisotopic (exact) mass is 406 g/mol. The largest absolute Gasteiger partial charge is 0.462 e. The molecule has 158 valence electrons. The van der Waals surface area contributed by atoms with E-state index >= 15 is 0 Å². The van der Waals surface area contributed by atoms with Gasteiger partial charge in [0.1, 0.15) is 17.8 Å². The minimum atomic E-state index is -0.490. The molecule has 4 rings (SSSR count). The highest BCUT2D eigenvalue weighted by molar-refractivity contribution is 6.05. The third-order valence-electron chi connectivity index (χ3n) is 5.99. The van der Waals surface area contributed by atoms with E-state index in [0.29, 0.717) is 12.3 Å². The number of fused-ring (bicyclic) bond motifs is 2. The summed E-state index contributed by atoms with van der Waals surface area (Å²) in [7, 11) is 0. The van der Waals surface area contributed by atoms with Crippen molar-refractivity contribution in [3.8, 4) is 0 Å². The van der Waals surface area contributed by atoms with Crippen LogP contribution in [0.4, 0.5) is 5.69 Å². The Bertz CT molecular complexity index is 1000. The quantitative estimate of drug-likeness (QED) is 0.776. The van der Waals surface area contributed by atoms with E-state index < -0.39 is 5.54 Å². The van der Waals surface area contributed by atoms with E-state index in [1.807, 2.05) is 25.1 Å². The van der Waals surface area contributed by atoms with Gasteiger partial charge in [0, 0.05) is 11.9 Å².